The minimum Gasteiger partial charge on any atom is -0.487 e. The van der Waals surface area contributed by atoms with Crippen molar-refractivity contribution in [3.8, 4) is 0 Å². The molecule has 0 fully saturated rings. The van der Waals surface area contributed by atoms with Gasteiger partial charge in [-0.2, -0.15) is 0 Å². The highest BCUT2D eigenvalue weighted by atomic mass is 35.7. The number of rotatable bonds is 3. The lowest BCUT2D eigenvalue weighted by Crippen LogP contribution is -2.68. The molecule has 0 amide bonds. The third kappa shape index (κ3) is 25.5. The number of hydrogen-bond donors (Lipinski definition) is 0. The van der Waals surface area contributed by atoms with E-state index in [0.717, 1.165) is 10.2 Å². The third-order valence-electron chi connectivity index (χ3n) is 1.14. The zero-order valence-corrected chi connectivity index (χ0v) is 11.7. The average molecular weight is 272 g/mol. The van der Waals surface area contributed by atoms with Gasteiger partial charge in [0, 0.05) is 0 Å². The summed E-state index contributed by atoms with van der Waals surface area (Å²) in [6, 6.07) is 0. The van der Waals surface area contributed by atoms with E-state index in [0.29, 0.717) is 0 Å². The number of halogens is 1. The van der Waals surface area contributed by atoms with Crippen molar-refractivity contribution in [1.82, 2.24) is 0 Å². The summed E-state index contributed by atoms with van der Waals surface area (Å²) >= 11 is 0. The Kier molecular flexibility index (Phi) is 8.33. The van der Waals surface area contributed by atoms with Gasteiger partial charge in [0.15, 0.2) is 0 Å². The molecule has 0 aromatic heterocycles. The van der Waals surface area contributed by atoms with Crippen LogP contribution in [0.4, 0.5) is 0 Å². The number of hydrogen-bond acceptors (Lipinski definition) is 5. The summed E-state index contributed by atoms with van der Waals surface area (Å²) in [7, 11) is 6.94. The third-order valence-corrected chi connectivity index (χ3v) is 1.14. The van der Waals surface area contributed by atoms with Gasteiger partial charge in [0.2, 0.25) is 12.0 Å². The predicted molar refractivity (Wildman–Crippen MR) is 51.3 cm³/mol. The van der Waals surface area contributed by atoms with Gasteiger partial charge in [-0.15, -0.1) is 10.2 Å². The van der Waals surface area contributed by atoms with E-state index in [1.165, 1.54) is 0 Å². The van der Waals surface area contributed by atoms with Crippen LogP contribution < -0.4 is 18.6 Å². The standard InChI is InChI=1S/C9H20N2O.ClHO4/c1-10(2)7-9(12-6)8-11(3,4)5;2-1(3,4)5/h7-8H,1-6H3;(H,2,3,4,5)/q+2;/p-1/b9-8-;. The van der Waals surface area contributed by atoms with Crippen LogP contribution in [0, 0.1) is 10.2 Å². The molecular formula is C9H20ClN2O5+. The minimum atomic E-state index is -4.94. The number of quaternary nitrogens is 1. The first kappa shape index (κ1) is 18.7. The molecule has 0 aliphatic heterocycles. The molecule has 0 spiro atoms. The Labute approximate surface area is 104 Å². The Balaban J connectivity index is 0. The largest absolute Gasteiger partial charge is 0.487 e. The van der Waals surface area contributed by atoms with Crippen molar-refractivity contribution in [1.29, 1.82) is 0 Å². The first-order valence-corrected chi connectivity index (χ1v) is 5.79. The van der Waals surface area contributed by atoms with E-state index in [2.05, 4.69) is 21.1 Å². The molecule has 0 aliphatic rings. The molecule has 0 atom stereocenters. The summed E-state index contributed by atoms with van der Waals surface area (Å²) in [4.78, 5) is 0. The molecule has 0 saturated heterocycles. The van der Waals surface area contributed by atoms with E-state index in [-0.39, 0.29) is 0 Å². The molecule has 0 aromatic carbocycles. The van der Waals surface area contributed by atoms with Crippen LogP contribution in [0.3, 0.4) is 0 Å². The van der Waals surface area contributed by atoms with Crippen LogP contribution in [-0.2, 0) is 4.74 Å². The van der Waals surface area contributed by atoms with E-state index >= 15 is 0 Å². The van der Waals surface area contributed by atoms with Gasteiger partial charge >= 0.3 is 0 Å². The lowest BCUT2D eigenvalue weighted by atomic mass is 10.5. The molecule has 0 heterocycles. The van der Waals surface area contributed by atoms with E-state index in [1.54, 1.807) is 7.11 Å². The van der Waals surface area contributed by atoms with Crippen molar-refractivity contribution in [2.24, 2.45) is 0 Å². The second-order valence-electron chi connectivity index (χ2n) is 4.32. The summed E-state index contributed by atoms with van der Waals surface area (Å²) in [6.07, 6.45) is 3.99. The molecule has 0 bridgehead atoms. The van der Waals surface area contributed by atoms with Crippen molar-refractivity contribution >= 4 is 6.21 Å². The van der Waals surface area contributed by atoms with Crippen molar-refractivity contribution in [2.45, 2.75) is 0 Å². The zero-order valence-electron chi connectivity index (χ0n) is 11.0. The first-order chi connectivity index (χ1) is 7.35. The molecule has 102 valence electrons. The average Bonchev–Trinajstić information content (AvgIpc) is 1.95. The Morgan fingerprint density at radius 2 is 1.47 bits per heavy atom. The van der Waals surface area contributed by atoms with Gasteiger partial charge in [0.05, 0.1) is 28.3 Å². The van der Waals surface area contributed by atoms with Gasteiger partial charge in [-0.1, -0.05) is 0 Å². The van der Waals surface area contributed by atoms with Gasteiger partial charge in [-0.3, -0.25) is 0 Å². The number of allylic oxidation sites excluding steroid dienone is 1. The quantitative estimate of drug-likeness (QED) is 0.224. The fourth-order valence-electron chi connectivity index (χ4n) is 0.775. The fourth-order valence-corrected chi connectivity index (χ4v) is 0.775. The Hall–Kier alpha value is -0.700. The highest BCUT2D eigenvalue weighted by Gasteiger charge is 2.07. The molecule has 0 unspecified atom stereocenters. The van der Waals surface area contributed by atoms with Gasteiger partial charge in [-0.05, 0) is 0 Å². The minimum absolute atomic E-state index is 0.757. The Morgan fingerprint density at radius 1 is 1.12 bits per heavy atom. The lowest BCUT2D eigenvalue weighted by Gasteiger charge is -2.17. The summed E-state index contributed by atoms with van der Waals surface area (Å²) in [5.74, 6) is 0.882. The van der Waals surface area contributed by atoms with Gasteiger partial charge < -0.3 is 9.22 Å². The number of ether oxygens (including phenoxy) is 1. The van der Waals surface area contributed by atoms with Crippen molar-refractivity contribution in [3.63, 3.8) is 0 Å². The highest BCUT2D eigenvalue weighted by molar-refractivity contribution is 5.70. The highest BCUT2D eigenvalue weighted by Crippen LogP contribution is 1.98. The van der Waals surface area contributed by atoms with Crippen molar-refractivity contribution in [3.05, 3.63) is 12.0 Å². The van der Waals surface area contributed by atoms with Crippen LogP contribution in [-0.4, -0.2) is 57.6 Å². The summed E-state index contributed by atoms with van der Waals surface area (Å²) in [6.45, 7) is 0. The smallest absolute Gasteiger partial charge is 0.236 e. The molecule has 0 saturated carbocycles. The summed E-state index contributed by atoms with van der Waals surface area (Å²) in [5.41, 5.74) is 0. The maximum Gasteiger partial charge on any atom is 0.236 e. The number of nitrogens with zero attached hydrogens (tertiary/aromatic N) is 2. The maximum absolute atomic E-state index is 8.49. The second-order valence-corrected chi connectivity index (χ2v) is 5.08. The van der Waals surface area contributed by atoms with Gasteiger partial charge in [0.1, 0.15) is 20.3 Å². The van der Waals surface area contributed by atoms with Crippen molar-refractivity contribution < 1.29 is 42.7 Å². The molecule has 0 rings (SSSR count). The molecule has 0 N–H and O–H groups in total. The summed E-state index contributed by atoms with van der Waals surface area (Å²) in [5, 5.41) is 0. The molecule has 0 aliphatic carbocycles. The fraction of sp³-hybridized carbons (Fsp3) is 0.667. The van der Waals surface area contributed by atoms with E-state index in [9.17, 15) is 0 Å². The molecule has 0 radical (unpaired) electrons. The predicted octanol–water partition coefficient (Wildman–Crippen LogP) is -4.23. The topological polar surface area (TPSA) is 104 Å². The van der Waals surface area contributed by atoms with Gasteiger partial charge in [-0.25, -0.2) is 23.2 Å². The van der Waals surface area contributed by atoms with E-state index in [1.807, 2.05) is 31.1 Å². The normalized spacial score (nSPS) is 12.5. The van der Waals surface area contributed by atoms with Crippen LogP contribution in [0.15, 0.2) is 12.0 Å². The molecule has 17 heavy (non-hydrogen) atoms. The molecule has 8 heteroatoms. The van der Waals surface area contributed by atoms with Crippen LogP contribution in [0.25, 0.3) is 0 Å². The molecule has 7 nitrogen and oxygen atoms in total. The second kappa shape index (κ2) is 7.59. The molecular weight excluding hydrogens is 252 g/mol. The first-order valence-electron chi connectivity index (χ1n) is 4.56. The maximum atomic E-state index is 8.49. The van der Waals surface area contributed by atoms with Crippen LogP contribution in [0.1, 0.15) is 0 Å². The number of methoxy groups -OCH3 is 1. The SMILES string of the molecule is CO/C(C=[N+](C)C)=C\[N+](C)(C)C.[O-][Cl+3]([O-])([O-])[O-]. The molecule has 0 aromatic rings. The van der Waals surface area contributed by atoms with E-state index in [4.69, 9.17) is 23.4 Å². The Bertz CT molecular complexity index is 268. The Morgan fingerprint density at radius 3 is 1.65 bits per heavy atom. The zero-order chi connectivity index (χ0) is 14.3. The van der Waals surface area contributed by atoms with Crippen LogP contribution in [0.5, 0.6) is 0 Å². The van der Waals surface area contributed by atoms with Crippen LogP contribution in [0.2, 0.25) is 0 Å². The summed E-state index contributed by atoms with van der Waals surface area (Å²) < 4.78 is 41.9. The monoisotopic (exact) mass is 271 g/mol. The van der Waals surface area contributed by atoms with Crippen molar-refractivity contribution in [2.75, 3.05) is 42.3 Å². The lowest BCUT2D eigenvalue weighted by molar-refractivity contribution is -2.00. The van der Waals surface area contributed by atoms with E-state index < -0.39 is 10.2 Å². The van der Waals surface area contributed by atoms with Gasteiger partial charge in [0.25, 0.3) is 0 Å². The van der Waals surface area contributed by atoms with Crippen LogP contribution >= 0.6 is 0 Å².